The number of hydrogen-bond acceptors (Lipinski definition) is 1. The summed E-state index contributed by atoms with van der Waals surface area (Å²) in [5, 5.41) is 0. The summed E-state index contributed by atoms with van der Waals surface area (Å²) in [6.45, 7) is 8.77. The van der Waals surface area contributed by atoms with E-state index >= 15 is 0 Å². The summed E-state index contributed by atoms with van der Waals surface area (Å²) in [6, 6.07) is 7.93. The highest BCUT2D eigenvalue weighted by Crippen LogP contribution is 2.19. The number of hydrogen-bond donors (Lipinski definition) is 0. The number of allylic oxidation sites excluding steroid dienone is 1. The van der Waals surface area contributed by atoms with Crippen LogP contribution in [0.3, 0.4) is 0 Å². The molecule has 0 atom stereocenters. The van der Waals surface area contributed by atoms with Crippen molar-refractivity contribution in [2.24, 2.45) is 0 Å². The van der Waals surface area contributed by atoms with Gasteiger partial charge in [0, 0.05) is 12.2 Å². The Bertz CT molecular complexity index is 371. The smallest absolute Gasteiger partial charge is 0.214 e. The average molecular weight is 217 g/mol. The Morgan fingerprint density at radius 1 is 1.50 bits per heavy atom. The van der Waals surface area contributed by atoms with Gasteiger partial charge in [-0.1, -0.05) is 37.6 Å². The Balaban J connectivity index is 2.87. The summed E-state index contributed by atoms with van der Waals surface area (Å²) in [6.07, 6.45) is 3.01. The molecule has 1 aromatic rings. The van der Waals surface area contributed by atoms with Crippen molar-refractivity contribution in [3.05, 3.63) is 36.4 Å². The third-order valence-corrected chi connectivity index (χ3v) is 2.55. The van der Waals surface area contributed by atoms with Crippen LogP contribution in [-0.4, -0.2) is 13.0 Å². The largest absolute Gasteiger partial charge is 0.315 e. The minimum absolute atomic E-state index is 0.777. The predicted molar refractivity (Wildman–Crippen MR) is 69.5 cm³/mol. The minimum Gasteiger partial charge on any atom is -0.315 e. The molecule has 1 aromatic carbocycles. The number of benzene rings is 1. The Morgan fingerprint density at radius 2 is 2.25 bits per heavy atom. The number of carbonyl (C=O) groups is 1. The standard InChI is InChI=1S/C14H19NO/c1-4-5-9-15(11-16)14-8-6-7-13(10-14)12(2)3/h6-8,10-11H,2,4-5,9H2,1,3H3. The van der Waals surface area contributed by atoms with Crippen LogP contribution in [-0.2, 0) is 4.79 Å². The first-order chi connectivity index (χ1) is 7.69. The van der Waals surface area contributed by atoms with E-state index in [2.05, 4.69) is 13.5 Å². The first-order valence-corrected chi connectivity index (χ1v) is 5.67. The molecule has 0 saturated heterocycles. The van der Waals surface area contributed by atoms with Gasteiger partial charge >= 0.3 is 0 Å². The lowest BCUT2D eigenvalue weighted by molar-refractivity contribution is -0.107. The van der Waals surface area contributed by atoms with E-state index in [-0.39, 0.29) is 0 Å². The maximum Gasteiger partial charge on any atom is 0.214 e. The van der Waals surface area contributed by atoms with Crippen LogP contribution in [0.2, 0.25) is 0 Å². The molecule has 0 saturated carbocycles. The van der Waals surface area contributed by atoms with Crippen molar-refractivity contribution in [3.8, 4) is 0 Å². The highest BCUT2D eigenvalue weighted by Gasteiger charge is 2.05. The number of nitrogens with zero attached hydrogens (tertiary/aromatic N) is 1. The van der Waals surface area contributed by atoms with Gasteiger partial charge in [-0.15, -0.1) is 0 Å². The molecule has 2 nitrogen and oxygen atoms in total. The van der Waals surface area contributed by atoms with Gasteiger partial charge in [0.05, 0.1) is 0 Å². The van der Waals surface area contributed by atoms with Crippen LogP contribution < -0.4 is 4.90 Å². The fourth-order valence-corrected chi connectivity index (χ4v) is 1.52. The summed E-state index contributed by atoms with van der Waals surface area (Å²) in [4.78, 5) is 12.7. The lowest BCUT2D eigenvalue weighted by atomic mass is 10.1. The van der Waals surface area contributed by atoms with Crippen LogP contribution in [0, 0.1) is 0 Å². The van der Waals surface area contributed by atoms with Gasteiger partial charge in [-0.25, -0.2) is 0 Å². The lowest BCUT2D eigenvalue weighted by Crippen LogP contribution is -2.22. The molecule has 0 N–H and O–H groups in total. The Hall–Kier alpha value is -1.57. The average Bonchev–Trinajstić information content (AvgIpc) is 2.30. The van der Waals surface area contributed by atoms with E-state index in [1.165, 1.54) is 0 Å². The normalized spacial score (nSPS) is 9.88. The molecule has 0 spiro atoms. The molecule has 0 heterocycles. The topological polar surface area (TPSA) is 20.3 Å². The van der Waals surface area contributed by atoms with Gasteiger partial charge in [0.15, 0.2) is 0 Å². The van der Waals surface area contributed by atoms with Crippen molar-refractivity contribution in [1.82, 2.24) is 0 Å². The van der Waals surface area contributed by atoms with Crippen molar-refractivity contribution in [2.45, 2.75) is 26.7 Å². The summed E-state index contributed by atoms with van der Waals surface area (Å²) >= 11 is 0. The van der Waals surface area contributed by atoms with Crippen LogP contribution in [0.5, 0.6) is 0 Å². The van der Waals surface area contributed by atoms with Gasteiger partial charge in [-0.2, -0.15) is 0 Å². The summed E-state index contributed by atoms with van der Waals surface area (Å²) in [5.41, 5.74) is 3.05. The third-order valence-electron chi connectivity index (χ3n) is 2.55. The number of amides is 1. The molecular weight excluding hydrogens is 198 g/mol. The first-order valence-electron chi connectivity index (χ1n) is 5.67. The minimum atomic E-state index is 0.777. The molecule has 0 bridgehead atoms. The van der Waals surface area contributed by atoms with Gasteiger partial charge in [0.2, 0.25) is 6.41 Å². The zero-order valence-electron chi connectivity index (χ0n) is 10.1. The Morgan fingerprint density at radius 3 is 2.81 bits per heavy atom. The van der Waals surface area contributed by atoms with Crippen LogP contribution in [0.15, 0.2) is 30.8 Å². The number of unbranched alkanes of at least 4 members (excludes halogenated alkanes) is 1. The van der Waals surface area contributed by atoms with Crippen LogP contribution in [0.25, 0.3) is 5.57 Å². The Labute approximate surface area is 97.6 Å². The van der Waals surface area contributed by atoms with Crippen molar-refractivity contribution in [2.75, 3.05) is 11.4 Å². The first kappa shape index (κ1) is 12.5. The zero-order chi connectivity index (χ0) is 12.0. The molecule has 0 unspecified atom stereocenters. The molecule has 0 aliphatic heterocycles. The number of carbonyl (C=O) groups excluding carboxylic acids is 1. The third kappa shape index (κ3) is 3.23. The van der Waals surface area contributed by atoms with E-state index in [9.17, 15) is 4.79 Å². The summed E-state index contributed by atoms with van der Waals surface area (Å²) in [5.74, 6) is 0. The fourth-order valence-electron chi connectivity index (χ4n) is 1.52. The van der Waals surface area contributed by atoms with Crippen molar-refractivity contribution in [1.29, 1.82) is 0 Å². The predicted octanol–water partition coefficient (Wildman–Crippen LogP) is 3.48. The molecule has 0 aliphatic carbocycles. The Kier molecular flexibility index (Phi) is 4.77. The second-order valence-corrected chi connectivity index (χ2v) is 3.98. The molecule has 0 radical (unpaired) electrons. The van der Waals surface area contributed by atoms with E-state index in [4.69, 9.17) is 0 Å². The molecule has 0 aromatic heterocycles. The zero-order valence-corrected chi connectivity index (χ0v) is 10.1. The van der Waals surface area contributed by atoms with E-state index in [0.717, 1.165) is 42.6 Å². The van der Waals surface area contributed by atoms with Gasteiger partial charge in [0.1, 0.15) is 0 Å². The molecule has 86 valence electrons. The molecule has 1 rings (SSSR count). The quantitative estimate of drug-likeness (QED) is 0.668. The van der Waals surface area contributed by atoms with E-state index < -0.39 is 0 Å². The van der Waals surface area contributed by atoms with Crippen LogP contribution >= 0.6 is 0 Å². The molecular formula is C14H19NO. The van der Waals surface area contributed by atoms with Gasteiger partial charge in [0.25, 0.3) is 0 Å². The van der Waals surface area contributed by atoms with Crippen molar-refractivity contribution in [3.63, 3.8) is 0 Å². The number of anilines is 1. The molecule has 16 heavy (non-hydrogen) atoms. The second kappa shape index (κ2) is 6.11. The summed E-state index contributed by atoms with van der Waals surface area (Å²) < 4.78 is 0. The van der Waals surface area contributed by atoms with Crippen LogP contribution in [0.1, 0.15) is 32.3 Å². The maximum absolute atomic E-state index is 11.0. The van der Waals surface area contributed by atoms with E-state index in [1.54, 1.807) is 4.90 Å². The monoisotopic (exact) mass is 217 g/mol. The molecule has 1 amide bonds. The van der Waals surface area contributed by atoms with Gasteiger partial charge in [-0.3, -0.25) is 4.79 Å². The number of rotatable bonds is 6. The SMILES string of the molecule is C=C(C)c1cccc(N(C=O)CCCC)c1. The summed E-state index contributed by atoms with van der Waals surface area (Å²) in [7, 11) is 0. The van der Waals surface area contributed by atoms with Crippen molar-refractivity contribution < 1.29 is 4.79 Å². The fraction of sp³-hybridized carbons (Fsp3) is 0.357. The van der Waals surface area contributed by atoms with E-state index in [0.29, 0.717) is 0 Å². The highest BCUT2D eigenvalue weighted by atomic mass is 16.1. The van der Waals surface area contributed by atoms with Gasteiger partial charge in [-0.05, 0) is 31.0 Å². The highest BCUT2D eigenvalue weighted by molar-refractivity contribution is 5.77. The second-order valence-electron chi connectivity index (χ2n) is 3.98. The van der Waals surface area contributed by atoms with E-state index in [1.807, 2.05) is 31.2 Å². The van der Waals surface area contributed by atoms with Crippen molar-refractivity contribution >= 4 is 17.7 Å². The van der Waals surface area contributed by atoms with Crippen LogP contribution in [0.4, 0.5) is 5.69 Å². The van der Waals surface area contributed by atoms with Gasteiger partial charge < -0.3 is 4.90 Å². The maximum atomic E-state index is 11.0. The molecule has 0 aliphatic rings. The lowest BCUT2D eigenvalue weighted by Gasteiger charge is -2.17. The molecule has 0 fully saturated rings. The molecule has 2 heteroatoms.